The van der Waals surface area contributed by atoms with Gasteiger partial charge < -0.3 is 0 Å². The Labute approximate surface area is 200 Å². The summed E-state index contributed by atoms with van der Waals surface area (Å²) in [6.07, 6.45) is 4.08. The molecule has 0 bridgehead atoms. The Kier molecular flexibility index (Phi) is 14.3. The number of alkyl halides is 6. The van der Waals surface area contributed by atoms with Gasteiger partial charge in [0.05, 0.1) is 12.1 Å². The van der Waals surface area contributed by atoms with Gasteiger partial charge in [-0.3, -0.25) is 0 Å². The van der Waals surface area contributed by atoms with Crippen LogP contribution in [0.2, 0.25) is 0 Å². The molecule has 0 radical (unpaired) electrons. The number of allylic oxidation sites excluding steroid dienone is 2. The highest BCUT2D eigenvalue weighted by Crippen LogP contribution is 2.33. The van der Waals surface area contributed by atoms with E-state index < -0.39 is 25.2 Å². The molecule has 2 saturated carbocycles. The number of halogens is 6. The number of nitriles is 2. The lowest BCUT2D eigenvalue weighted by Gasteiger charge is -2.20. The van der Waals surface area contributed by atoms with Crippen LogP contribution in [0.25, 0.3) is 0 Å². The van der Waals surface area contributed by atoms with Gasteiger partial charge in [0.1, 0.15) is 0 Å². The lowest BCUT2D eigenvalue weighted by Crippen LogP contribution is -2.14. The fraction of sp³-hybridized carbons (Fsp3) is 0.846. The molecule has 2 aliphatic carbocycles. The third-order valence-electron chi connectivity index (χ3n) is 6.77. The van der Waals surface area contributed by atoms with Crippen molar-refractivity contribution < 1.29 is 26.3 Å². The van der Waals surface area contributed by atoms with Crippen molar-refractivity contribution in [2.75, 3.05) is 0 Å². The molecule has 0 spiro atoms. The molecule has 2 fully saturated rings. The van der Waals surface area contributed by atoms with Crippen molar-refractivity contribution in [3.63, 3.8) is 0 Å². The van der Waals surface area contributed by atoms with Gasteiger partial charge in [0.2, 0.25) is 0 Å². The first-order valence-electron chi connectivity index (χ1n) is 12.7. The van der Waals surface area contributed by atoms with Crippen LogP contribution in [0.4, 0.5) is 26.3 Å². The fourth-order valence-corrected chi connectivity index (χ4v) is 4.88. The highest BCUT2D eigenvalue weighted by Gasteiger charge is 2.29. The lowest BCUT2D eigenvalue weighted by molar-refractivity contribution is -0.136. The molecule has 0 N–H and O–H groups in total. The molecule has 0 aliphatic heterocycles. The molecule has 0 heterocycles. The van der Waals surface area contributed by atoms with E-state index in [9.17, 15) is 26.3 Å². The van der Waals surface area contributed by atoms with E-state index in [1.54, 1.807) is 0 Å². The molecule has 2 aliphatic rings. The molecule has 34 heavy (non-hydrogen) atoms. The molecule has 194 valence electrons. The van der Waals surface area contributed by atoms with Crippen molar-refractivity contribution in [3.05, 3.63) is 11.1 Å². The van der Waals surface area contributed by atoms with E-state index >= 15 is 0 Å². The minimum Gasteiger partial charge on any atom is -0.198 e. The van der Waals surface area contributed by atoms with Crippen molar-refractivity contribution in [3.8, 4) is 12.1 Å². The fourth-order valence-electron chi connectivity index (χ4n) is 4.88. The standard InChI is InChI=1S/C13H20F3N.C13H18F3N/c2*14-13(15,16)9-5-8-12(10-17)11-6-3-1-2-4-7-11/h11-12H,1-9H2;1-9H2. The Hall–Kier alpha value is -1.70. The van der Waals surface area contributed by atoms with E-state index in [0.29, 0.717) is 17.9 Å². The summed E-state index contributed by atoms with van der Waals surface area (Å²) < 4.78 is 72.2. The first kappa shape index (κ1) is 30.3. The minimum atomic E-state index is -4.10. The smallest absolute Gasteiger partial charge is 0.198 e. The van der Waals surface area contributed by atoms with Gasteiger partial charge in [-0.15, -0.1) is 0 Å². The molecule has 0 aromatic carbocycles. The largest absolute Gasteiger partial charge is 0.389 e. The van der Waals surface area contributed by atoms with Gasteiger partial charge in [-0.1, -0.05) is 44.1 Å². The van der Waals surface area contributed by atoms with Crippen molar-refractivity contribution in [2.45, 2.75) is 128 Å². The molecule has 1 atom stereocenters. The Balaban J connectivity index is 0.000000340. The van der Waals surface area contributed by atoms with Crippen LogP contribution >= 0.6 is 0 Å². The highest BCUT2D eigenvalue weighted by molar-refractivity contribution is 5.28. The molecule has 2 nitrogen and oxygen atoms in total. The number of rotatable bonds is 7. The van der Waals surface area contributed by atoms with Gasteiger partial charge in [0.25, 0.3) is 0 Å². The van der Waals surface area contributed by atoms with E-state index in [4.69, 9.17) is 10.5 Å². The Bertz CT molecular complexity index is 663. The van der Waals surface area contributed by atoms with E-state index in [0.717, 1.165) is 56.9 Å². The zero-order chi connectivity index (χ0) is 25.5. The molecule has 2 rings (SSSR count). The number of hydrogen-bond acceptors (Lipinski definition) is 2. The molecule has 0 saturated heterocycles. The summed E-state index contributed by atoms with van der Waals surface area (Å²) in [6.45, 7) is 0. The Morgan fingerprint density at radius 3 is 1.74 bits per heavy atom. The average molecular weight is 493 g/mol. The molecule has 0 aromatic rings. The number of nitrogens with zero attached hydrogens (tertiary/aromatic N) is 2. The van der Waals surface area contributed by atoms with E-state index in [1.807, 2.05) is 0 Å². The predicted octanol–water partition coefficient (Wildman–Crippen LogP) is 9.72. The third-order valence-corrected chi connectivity index (χ3v) is 6.77. The summed E-state index contributed by atoms with van der Waals surface area (Å²) in [6, 6.07) is 4.32. The van der Waals surface area contributed by atoms with Crippen LogP contribution in [-0.2, 0) is 0 Å². The van der Waals surface area contributed by atoms with Crippen LogP contribution in [0, 0.1) is 34.5 Å². The van der Waals surface area contributed by atoms with Crippen molar-refractivity contribution in [1.29, 1.82) is 10.5 Å². The second-order valence-corrected chi connectivity index (χ2v) is 9.57. The van der Waals surface area contributed by atoms with Crippen molar-refractivity contribution in [1.82, 2.24) is 0 Å². The molecular weight excluding hydrogens is 454 g/mol. The highest BCUT2D eigenvalue weighted by atomic mass is 19.4. The Morgan fingerprint density at radius 1 is 0.765 bits per heavy atom. The van der Waals surface area contributed by atoms with Crippen LogP contribution in [0.15, 0.2) is 11.1 Å². The van der Waals surface area contributed by atoms with Crippen LogP contribution in [0.3, 0.4) is 0 Å². The van der Waals surface area contributed by atoms with Crippen LogP contribution < -0.4 is 0 Å². The van der Waals surface area contributed by atoms with Gasteiger partial charge in [-0.2, -0.15) is 36.9 Å². The quantitative estimate of drug-likeness (QED) is 0.202. The monoisotopic (exact) mass is 492 g/mol. The van der Waals surface area contributed by atoms with Gasteiger partial charge in [-0.25, -0.2) is 0 Å². The SMILES string of the molecule is N#CC(CCCC(F)(F)F)=C1CCCCCC1.N#CC(CCCC(F)(F)F)C1CCCCCC1. The van der Waals surface area contributed by atoms with Crippen LogP contribution in [0.1, 0.15) is 116 Å². The number of hydrogen-bond donors (Lipinski definition) is 0. The Morgan fingerprint density at radius 2 is 1.26 bits per heavy atom. The second kappa shape index (κ2) is 16.1. The average Bonchev–Trinajstić information content (AvgIpc) is 3.19. The van der Waals surface area contributed by atoms with Gasteiger partial charge in [-0.05, 0) is 70.1 Å². The van der Waals surface area contributed by atoms with Crippen LogP contribution in [-0.4, -0.2) is 12.4 Å². The van der Waals surface area contributed by atoms with Gasteiger partial charge >= 0.3 is 12.4 Å². The summed E-state index contributed by atoms with van der Waals surface area (Å²) in [7, 11) is 0. The maximum absolute atomic E-state index is 12.0. The molecule has 0 amide bonds. The summed E-state index contributed by atoms with van der Waals surface area (Å²) in [5.74, 6) is 0.159. The van der Waals surface area contributed by atoms with Crippen molar-refractivity contribution >= 4 is 0 Å². The van der Waals surface area contributed by atoms with Crippen LogP contribution in [0.5, 0.6) is 0 Å². The van der Waals surface area contributed by atoms with E-state index in [-0.39, 0.29) is 25.2 Å². The zero-order valence-corrected chi connectivity index (χ0v) is 20.0. The first-order valence-corrected chi connectivity index (χ1v) is 12.7. The van der Waals surface area contributed by atoms with Crippen molar-refractivity contribution in [2.24, 2.45) is 11.8 Å². The summed E-state index contributed by atoms with van der Waals surface area (Å²) in [5.41, 5.74) is 1.71. The topological polar surface area (TPSA) is 47.6 Å². The van der Waals surface area contributed by atoms with E-state index in [1.165, 1.54) is 25.7 Å². The molecule has 1 unspecified atom stereocenters. The molecular formula is C26H38F6N2. The second-order valence-electron chi connectivity index (χ2n) is 9.57. The first-order chi connectivity index (χ1) is 16.1. The minimum absolute atomic E-state index is 0.0376. The molecule has 8 heteroatoms. The van der Waals surface area contributed by atoms with E-state index in [2.05, 4.69) is 12.1 Å². The normalized spacial score (nSPS) is 19.0. The van der Waals surface area contributed by atoms with Gasteiger partial charge in [0, 0.05) is 24.3 Å². The summed E-state index contributed by atoms with van der Waals surface area (Å²) >= 11 is 0. The lowest BCUT2D eigenvalue weighted by atomic mass is 9.84. The maximum atomic E-state index is 12.0. The predicted molar refractivity (Wildman–Crippen MR) is 120 cm³/mol. The summed E-state index contributed by atoms with van der Waals surface area (Å²) in [4.78, 5) is 0. The third kappa shape index (κ3) is 14.5. The summed E-state index contributed by atoms with van der Waals surface area (Å²) in [5, 5.41) is 18.1. The molecule has 0 aromatic heterocycles. The van der Waals surface area contributed by atoms with Gasteiger partial charge in [0.15, 0.2) is 0 Å². The zero-order valence-electron chi connectivity index (χ0n) is 20.0. The maximum Gasteiger partial charge on any atom is 0.389 e.